The largest absolute Gasteiger partial charge is 0.303 e. The van der Waals surface area contributed by atoms with Crippen LogP contribution in [0.3, 0.4) is 0 Å². The number of rotatable bonds is 3. The second-order valence-electron chi connectivity index (χ2n) is 5.21. The monoisotopic (exact) mass is 347 g/mol. The van der Waals surface area contributed by atoms with Crippen molar-refractivity contribution in [2.24, 2.45) is 0 Å². The molecule has 2 nitrogen and oxygen atoms in total. The molecule has 0 spiro atoms. The van der Waals surface area contributed by atoms with Gasteiger partial charge in [0.15, 0.2) is 5.78 Å². The first-order valence-electron chi connectivity index (χ1n) is 6.93. The highest BCUT2D eigenvalue weighted by atomic mass is 79.9. The van der Waals surface area contributed by atoms with E-state index in [1.54, 1.807) is 6.07 Å². The SMILES string of the molecule is O=C(Cc1ccc(F)cc1Br)C1NCCc2ccccc21. The molecule has 4 heteroatoms. The average Bonchev–Trinajstić information content (AvgIpc) is 2.49. The van der Waals surface area contributed by atoms with Gasteiger partial charge in [0.1, 0.15) is 5.82 Å². The number of carbonyl (C=O) groups is 1. The van der Waals surface area contributed by atoms with Crippen molar-refractivity contribution < 1.29 is 9.18 Å². The molecule has 0 bridgehead atoms. The van der Waals surface area contributed by atoms with Crippen LogP contribution in [0.25, 0.3) is 0 Å². The van der Waals surface area contributed by atoms with E-state index in [2.05, 4.69) is 27.3 Å². The van der Waals surface area contributed by atoms with Crippen LogP contribution in [0.2, 0.25) is 0 Å². The lowest BCUT2D eigenvalue weighted by molar-refractivity contribution is -0.120. The average molecular weight is 348 g/mol. The number of fused-ring (bicyclic) bond motifs is 1. The maximum atomic E-state index is 13.1. The molecule has 0 amide bonds. The lowest BCUT2D eigenvalue weighted by Gasteiger charge is -2.26. The van der Waals surface area contributed by atoms with E-state index in [9.17, 15) is 9.18 Å². The summed E-state index contributed by atoms with van der Waals surface area (Å²) in [6.07, 6.45) is 1.23. The van der Waals surface area contributed by atoms with Gasteiger partial charge in [0.2, 0.25) is 0 Å². The molecule has 1 unspecified atom stereocenters. The minimum absolute atomic E-state index is 0.106. The fourth-order valence-electron chi connectivity index (χ4n) is 2.75. The van der Waals surface area contributed by atoms with Gasteiger partial charge >= 0.3 is 0 Å². The highest BCUT2D eigenvalue weighted by Crippen LogP contribution is 2.26. The molecule has 2 aromatic carbocycles. The van der Waals surface area contributed by atoms with Crippen molar-refractivity contribution in [2.45, 2.75) is 18.9 Å². The summed E-state index contributed by atoms with van der Waals surface area (Å²) in [5, 5.41) is 3.29. The molecular weight excluding hydrogens is 333 g/mol. The standard InChI is InChI=1S/C17H15BrFNO/c18-15-10-13(19)6-5-12(15)9-16(21)17-14-4-2-1-3-11(14)7-8-20-17/h1-6,10,17,20H,7-9H2. The van der Waals surface area contributed by atoms with Crippen LogP contribution < -0.4 is 5.32 Å². The van der Waals surface area contributed by atoms with E-state index >= 15 is 0 Å². The van der Waals surface area contributed by atoms with E-state index in [1.165, 1.54) is 17.7 Å². The smallest absolute Gasteiger partial charge is 0.158 e. The Bertz CT molecular complexity index is 686. The van der Waals surface area contributed by atoms with Crippen LogP contribution in [0.4, 0.5) is 4.39 Å². The van der Waals surface area contributed by atoms with Gasteiger partial charge in [-0.15, -0.1) is 0 Å². The molecule has 0 radical (unpaired) electrons. The summed E-state index contributed by atoms with van der Waals surface area (Å²) in [6.45, 7) is 0.804. The second-order valence-corrected chi connectivity index (χ2v) is 6.07. The van der Waals surface area contributed by atoms with Crippen molar-refractivity contribution in [3.8, 4) is 0 Å². The number of carbonyl (C=O) groups excluding carboxylic acids is 1. The van der Waals surface area contributed by atoms with Crippen molar-refractivity contribution in [1.29, 1.82) is 0 Å². The third-order valence-corrected chi connectivity index (χ3v) is 4.55. The van der Waals surface area contributed by atoms with Crippen molar-refractivity contribution in [3.05, 3.63) is 69.4 Å². The van der Waals surface area contributed by atoms with Crippen LogP contribution >= 0.6 is 15.9 Å². The van der Waals surface area contributed by atoms with E-state index < -0.39 is 0 Å². The summed E-state index contributed by atoms with van der Waals surface area (Å²) < 4.78 is 13.7. The Kier molecular flexibility index (Phi) is 4.17. The zero-order valence-electron chi connectivity index (χ0n) is 11.4. The maximum Gasteiger partial charge on any atom is 0.158 e. The highest BCUT2D eigenvalue weighted by Gasteiger charge is 2.25. The predicted molar refractivity (Wildman–Crippen MR) is 83.7 cm³/mol. The topological polar surface area (TPSA) is 29.1 Å². The quantitative estimate of drug-likeness (QED) is 0.919. The van der Waals surface area contributed by atoms with Gasteiger partial charge in [0.25, 0.3) is 0 Å². The fraction of sp³-hybridized carbons (Fsp3) is 0.235. The lowest BCUT2D eigenvalue weighted by Crippen LogP contribution is -2.35. The molecule has 0 fully saturated rings. The van der Waals surface area contributed by atoms with Crippen LogP contribution in [-0.4, -0.2) is 12.3 Å². The van der Waals surface area contributed by atoms with E-state index in [0.29, 0.717) is 4.47 Å². The summed E-state index contributed by atoms with van der Waals surface area (Å²) in [7, 11) is 0. The molecule has 1 aliphatic rings. The lowest BCUT2D eigenvalue weighted by atomic mass is 9.90. The van der Waals surface area contributed by atoms with Crippen LogP contribution in [0.15, 0.2) is 46.9 Å². The third-order valence-electron chi connectivity index (χ3n) is 3.81. The first-order chi connectivity index (χ1) is 10.1. The first-order valence-corrected chi connectivity index (χ1v) is 7.72. The molecule has 0 saturated heterocycles. The molecule has 0 saturated carbocycles. The van der Waals surface area contributed by atoms with Gasteiger partial charge in [-0.25, -0.2) is 4.39 Å². The minimum atomic E-state index is -0.306. The summed E-state index contributed by atoms with van der Waals surface area (Å²) in [6, 6.07) is 12.2. The molecular formula is C17H15BrFNO. The summed E-state index contributed by atoms with van der Waals surface area (Å²) in [5.41, 5.74) is 3.10. The third kappa shape index (κ3) is 3.06. The van der Waals surface area contributed by atoms with E-state index in [4.69, 9.17) is 0 Å². The van der Waals surface area contributed by atoms with Crippen molar-refractivity contribution in [3.63, 3.8) is 0 Å². The minimum Gasteiger partial charge on any atom is -0.303 e. The molecule has 1 aliphatic heterocycles. The van der Waals surface area contributed by atoms with Gasteiger partial charge in [-0.2, -0.15) is 0 Å². The number of nitrogens with one attached hydrogen (secondary N) is 1. The van der Waals surface area contributed by atoms with Crippen LogP contribution in [0.1, 0.15) is 22.7 Å². The van der Waals surface area contributed by atoms with Crippen molar-refractivity contribution in [1.82, 2.24) is 5.32 Å². The van der Waals surface area contributed by atoms with Crippen LogP contribution in [0.5, 0.6) is 0 Å². The summed E-state index contributed by atoms with van der Waals surface area (Å²) in [4.78, 5) is 12.6. The molecule has 2 aromatic rings. The summed E-state index contributed by atoms with van der Waals surface area (Å²) >= 11 is 3.32. The van der Waals surface area contributed by atoms with Crippen molar-refractivity contribution >= 4 is 21.7 Å². The van der Waals surface area contributed by atoms with Gasteiger partial charge in [-0.3, -0.25) is 4.79 Å². The van der Waals surface area contributed by atoms with Crippen molar-refractivity contribution in [2.75, 3.05) is 6.54 Å². The van der Waals surface area contributed by atoms with E-state index in [0.717, 1.165) is 24.1 Å². The first kappa shape index (κ1) is 14.4. The molecule has 0 aliphatic carbocycles. The van der Waals surface area contributed by atoms with Gasteiger partial charge < -0.3 is 5.32 Å². The van der Waals surface area contributed by atoms with Crippen LogP contribution in [0, 0.1) is 5.82 Å². The number of Topliss-reactive ketones (excluding diaryl/α,β-unsaturated/α-hetero) is 1. The Morgan fingerprint density at radius 3 is 2.90 bits per heavy atom. The molecule has 21 heavy (non-hydrogen) atoms. The van der Waals surface area contributed by atoms with Gasteiger partial charge in [0, 0.05) is 17.4 Å². The van der Waals surface area contributed by atoms with Gasteiger partial charge in [0.05, 0.1) is 6.04 Å². The summed E-state index contributed by atoms with van der Waals surface area (Å²) in [5.74, 6) is -0.200. The van der Waals surface area contributed by atoms with E-state index in [1.807, 2.05) is 18.2 Å². The molecule has 0 aromatic heterocycles. The van der Waals surface area contributed by atoms with E-state index in [-0.39, 0.29) is 24.1 Å². The fourth-order valence-corrected chi connectivity index (χ4v) is 3.24. The number of hydrogen-bond donors (Lipinski definition) is 1. The highest BCUT2D eigenvalue weighted by molar-refractivity contribution is 9.10. The number of hydrogen-bond acceptors (Lipinski definition) is 2. The molecule has 3 rings (SSSR count). The Balaban J connectivity index is 1.83. The Hall–Kier alpha value is -1.52. The Morgan fingerprint density at radius 1 is 1.29 bits per heavy atom. The second kappa shape index (κ2) is 6.08. The predicted octanol–water partition coefficient (Wildman–Crippen LogP) is 3.59. The van der Waals surface area contributed by atoms with Gasteiger partial charge in [-0.1, -0.05) is 46.3 Å². The Labute approximate surface area is 131 Å². The number of benzene rings is 2. The maximum absolute atomic E-state index is 13.1. The molecule has 108 valence electrons. The zero-order chi connectivity index (χ0) is 14.8. The van der Waals surface area contributed by atoms with Gasteiger partial charge in [-0.05, 0) is 35.2 Å². The molecule has 1 N–H and O–H groups in total. The Morgan fingerprint density at radius 2 is 2.10 bits per heavy atom. The number of halogens is 2. The molecule has 1 heterocycles. The number of ketones is 1. The molecule has 1 atom stereocenters. The zero-order valence-corrected chi connectivity index (χ0v) is 13.0. The van der Waals surface area contributed by atoms with Crippen LogP contribution in [-0.2, 0) is 17.6 Å². The normalized spacial score (nSPS) is 17.3.